The summed E-state index contributed by atoms with van der Waals surface area (Å²) in [6.07, 6.45) is 1.64. The summed E-state index contributed by atoms with van der Waals surface area (Å²) < 4.78 is 29.7. The number of aryl methyl sites for hydroxylation is 1. The van der Waals surface area contributed by atoms with Crippen LogP contribution in [0.25, 0.3) is 0 Å². The van der Waals surface area contributed by atoms with Gasteiger partial charge < -0.3 is 4.90 Å². The lowest BCUT2D eigenvalue weighted by Crippen LogP contribution is -2.48. The number of aromatic nitrogens is 2. The van der Waals surface area contributed by atoms with Gasteiger partial charge in [0.1, 0.15) is 4.90 Å². The van der Waals surface area contributed by atoms with Gasteiger partial charge in [0.05, 0.1) is 22.9 Å². The summed E-state index contributed by atoms with van der Waals surface area (Å²) in [4.78, 5) is 2.40. The average Bonchev–Trinajstić information content (AvgIpc) is 3.10. The lowest BCUT2D eigenvalue weighted by Gasteiger charge is -2.35. The summed E-state index contributed by atoms with van der Waals surface area (Å²) in [7, 11) is -3.59. The molecule has 152 valence electrons. The number of piperazine rings is 1. The van der Waals surface area contributed by atoms with E-state index in [0.717, 1.165) is 11.3 Å². The van der Waals surface area contributed by atoms with Crippen LogP contribution in [0.2, 0.25) is 5.02 Å². The van der Waals surface area contributed by atoms with Gasteiger partial charge in [-0.25, -0.2) is 8.42 Å². The molecule has 2 heterocycles. The van der Waals surface area contributed by atoms with Crippen molar-refractivity contribution in [2.24, 2.45) is 0 Å². The molecule has 0 N–H and O–H groups in total. The first kappa shape index (κ1) is 19.9. The fourth-order valence-corrected chi connectivity index (χ4v) is 5.47. The molecule has 0 radical (unpaired) electrons. The monoisotopic (exact) mass is 430 g/mol. The van der Waals surface area contributed by atoms with E-state index in [1.807, 2.05) is 54.6 Å². The Morgan fingerprint density at radius 3 is 2.31 bits per heavy atom. The van der Waals surface area contributed by atoms with Gasteiger partial charge in [-0.2, -0.15) is 9.40 Å². The molecule has 1 fully saturated rings. The topological polar surface area (TPSA) is 58.4 Å². The van der Waals surface area contributed by atoms with Gasteiger partial charge in [0.2, 0.25) is 10.0 Å². The van der Waals surface area contributed by atoms with E-state index < -0.39 is 10.0 Å². The van der Waals surface area contributed by atoms with E-state index in [0.29, 0.717) is 43.4 Å². The van der Waals surface area contributed by atoms with Gasteiger partial charge in [0, 0.05) is 32.4 Å². The van der Waals surface area contributed by atoms with Crippen molar-refractivity contribution < 1.29 is 8.42 Å². The van der Waals surface area contributed by atoms with E-state index in [1.165, 1.54) is 4.31 Å². The maximum Gasteiger partial charge on any atom is 0.246 e. The Morgan fingerprint density at radius 2 is 1.62 bits per heavy atom. The molecule has 8 heteroatoms. The third-order valence-corrected chi connectivity index (χ3v) is 7.46. The van der Waals surface area contributed by atoms with Crippen molar-refractivity contribution in [3.8, 4) is 0 Å². The van der Waals surface area contributed by atoms with Crippen molar-refractivity contribution >= 4 is 27.3 Å². The number of rotatable bonds is 5. The van der Waals surface area contributed by atoms with E-state index in [1.54, 1.807) is 17.8 Å². The van der Waals surface area contributed by atoms with Crippen molar-refractivity contribution in [1.29, 1.82) is 0 Å². The van der Waals surface area contributed by atoms with Crippen molar-refractivity contribution in [1.82, 2.24) is 14.1 Å². The van der Waals surface area contributed by atoms with Gasteiger partial charge >= 0.3 is 0 Å². The Hall–Kier alpha value is -2.35. The molecule has 0 aliphatic carbocycles. The molecule has 2 aromatic carbocycles. The van der Waals surface area contributed by atoms with Crippen LogP contribution in [0.3, 0.4) is 0 Å². The standard InChI is InChI=1S/C21H23ClN4O2S/c1-17-21(16-25(23-17)15-18-7-3-2-4-8-18)29(27,28)26-13-11-24(12-14-26)20-10-6-5-9-19(20)22/h2-10,16H,11-15H2,1H3. The molecule has 6 nitrogen and oxygen atoms in total. The Morgan fingerprint density at radius 1 is 0.966 bits per heavy atom. The Kier molecular flexibility index (Phi) is 5.63. The predicted molar refractivity (Wildman–Crippen MR) is 115 cm³/mol. The van der Waals surface area contributed by atoms with E-state index in [4.69, 9.17) is 11.6 Å². The molecular formula is C21H23ClN4O2S. The molecule has 1 aromatic heterocycles. The van der Waals surface area contributed by atoms with Crippen LogP contribution in [0, 0.1) is 6.92 Å². The summed E-state index contributed by atoms with van der Waals surface area (Å²) in [6, 6.07) is 17.5. The van der Waals surface area contributed by atoms with Gasteiger partial charge in [-0.15, -0.1) is 0 Å². The van der Waals surface area contributed by atoms with Gasteiger partial charge in [-0.1, -0.05) is 54.1 Å². The number of nitrogens with zero attached hydrogens (tertiary/aromatic N) is 4. The molecule has 1 aliphatic heterocycles. The van der Waals surface area contributed by atoms with Crippen LogP contribution in [0.15, 0.2) is 65.7 Å². The van der Waals surface area contributed by atoms with Crippen molar-refractivity contribution in [3.05, 3.63) is 77.1 Å². The SMILES string of the molecule is Cc1nn(Cc2ccccc2)cc1S(=O)(=O)N1CCN(c2ccccc2Cl)CC1. The second kappa shape index (κ2) is 8.18. The lowest BCUT2D eigenvalue weighted by molar-refractivity contribution is 0.384. The fourth-order valence-electron chi connectivity index (χ4n) is 3.62. The highest BCUT2D eigenvalue weighted by atomic mass is 35.5. The smallest absolute Gasteiger partial charge is 0.246 e. The van der Waals surface area contributed by atoms with Gasteiger partial charge in [-0.05, 0) is 24.6 Å². The normalized spacial score (nSPS) is 15.6. The van der Waals surface area contributed by atoms with Crippen LogP contribution in [0.4, 0.5) is 5.69 Å². The first-order chi connectivity index (χ1) is 13.9. The van der Waals surface area contributed by atoms with Crippen LogP contribution < -0.4 is 4.90 Å². The van der Waals surface area contributed by atoms with Crippen LogP contribution in [0.5, 0.6) is 0 Å². The van der Waals surface area contributed by atoms with E-state index >= 15 is 0 Å². The molecule has 0 spiro atoms. The summed E-state index contributed by atoms with van der Waals surface area (Å²) in [5.74, 6) is 0. The minimum Gasteiger partial charge on any atom is -0.368 e. The summed E-state index contributed by atoms with van der Waals surface area (Å²) in [5.41, 5.74) is 2.54. The van der Waals surface area contributed by atoms with E-state index in [-0.39, 0.29) is 4.90 Å². The fraction of sp³-hybridized carbons (Fsp3) is 0.286. The Bertz CT molecular complexity index is 1090. The van der Waals surface area contributed by atoms with Crippen LogP contribution in [-0.2, 0) is 16.6 Å². The van der Waals surface area contributed by atoms with Crippen molar-refractivity contribution in [3.63, 3.8) is 0 Å². The lowest BCUT2D eigenvalue weighted by atomic mass is 10.2. The summed E-state index contributed by atoms with van der Waals surface area (Å²) in [5, 5.41) is 5.11. The third-order valence-electron chi connectivity index (χ3n) is 5.14. The minimum atomic E-state index is -3.59. The zero-order chi connectivity index (χ0) is 20.4. The number of anilines is 1. The molecule has 1 aliphatic rings. The average molecular weight is 431 g/mol. The highest BCUT2D eigenvalue weighted by Crippen LogP contribution is 2.28. The number of hydrogen-bond acceptors (Lipinski definition) is 4. The molecule has 3 aromatic rings. The number of benzene rings is 2. The first-order valence-corrected chi connectivity index (χ1v) is 11.3. The number of halogens is 1. The van der Waals surface area contributed by atoms with Gasteiger partial charge in [-0.3, -0.25) is 4.68 Å². The largest absolute Gasteiger partial charge is 0.368 e. The summed E-state index contributed by atoms with van der Waals surface area (Å²) >= 11 is 6.29. The predicted octanol–water partition coefficient (Wildman–Crippen LogP) is 3.40. The molecule has 1 saturated heterocycles. The number of sulfonamides is 1. The highest BCUT2D eigenvalue weighted by molar-refractivity contribution is 7.89. The molecule has 4 rings (SSSR count). The molecule has 29 heavy (non-hydrogen) atoms. The second-order valence-corrected chi connectivity index (χ2v) is 9.42. The molecule has 0 unspecified atom stereocenters. The minimum absolute atomic E-state index is 0.277. The Balaban J connectivity index is 1.49. The van der Waals surface area contributed by atoms with E-state index in [9.17, 15) is 8.42 Å². The highest BCUT2D eigenvalue weighted by Gasteiger charge is 2.31. The molecule has 0 saturated carbocycles. The van der Waals surface area contributed by atoms with Gasteiger partial charge in [0.15, 0.2) is 0 Å². The first-order valence-electron chi connectivity index (χ1n) is 9.53. The number of para-hydroxylation sites is 1. The third kappa shape index (κ3) is 4.17. The van der Waals surface area contributed by atoms with Crippen LogP contribution in [-0.4, -0.2) is 48.7 Å². The van der Waals surface area contributed by atoms with Crippen molar-refractivity contribution in [2.45, 2.75) is 18.4 Å². The molecule has 0 amide bonds. The van der Waals surface area contributed by atoms with E-state index in [2.05, 4.69) is 10.00 Å². The molecule has 0 bridgehead atoms. The quantitative estimate of drug-likeness (QED) is 0.622. The zero-order valence-electron chi connectivity index (χ0n) is 16.2. The zero-order valence-corrected chi connectivity index (χ0v) is 17.8. The molecule has 0 atom stereocenters. The van der Waals surface area contributed by atoms with Crippen LogP contribution >= 0.6 is 11.6 Å². The second-order valence-electron chi connectivity index (χ2n) is 7.10. The summed E-state index contributed by atoms with van der Waals surface area (Å²) in [6.45, 7) is 4.31. The maximum absolute atomic E-state index is 13.2. The van der Waals surface area contributed by atoms with Crippen molar-refractivity contribution in [2.75, 3.05) is 31.1 Å². The van der Waals surface area contributed by atoms with Gasteiger partial charge in [0.25, 0.3) is 0 Å². The molecular weight excluding hydrogens is 408 g/mol. The maximum atomic E-state index is 13.2. The van der Waals surface area contributed by atoms with Crippen LogP contribution in [0.1, 0.15) is 11.3 Å². The Labute approximate surface area is 176 Å². The number of hydrogen-bond donors (Lipinski definition) is 0.